The minimum Gasteiger partial charge on any atom is -0.314 e. The van der Waals surface area contributed by atoms with Crippen LogP contribution in [0.4, 0.5) is 0 Å². The molecular formula is C29H23ClN4OS. The van der Waals surface area contributed by atoms with E-state index in [2.05, 4.69) is 27.2 Å². The Hall–Kier alpha value is -3.87. The van der Waals surface area contributed by atoms with Crippen LogP contribution < -0.4 is 5.43 Å². The van der Waals surface area contributed by atoms with E-state index in [1.807, 2.05) is 91.0 Å². The topological polar surface area (TPSA) is 59.3 Å². The highest BCUT2D eigenvalue weighted by molar-refractivity contribution is 7.99. The lowest BCUT2D eigenvalue weighted by molar-refractivity contribution is -0.118. The SMILES string of the molecule is O=C(CSc1nc2ccccc2n1Cc1ccc(Cl)cc1)N/N=C/c1ccc(-c2ccccc2)cc1. The summed E-state index contributed by atoms with van der Waals surface area (Å²) < 4.78 is 2.12. The summed E-state index contributed by atoms with van der Waals surface area (Å²) >= 11 is 7.43. The van der Waals surface area contributed by atoms with Gasteiger partial charge in [0.1, 0.15) is 0 Å². The number of rotatable bonds is 8. The number of benzene rings is 4. The van der Waals surface area contributed by atoms with Crippen molar-refractivity contribution in [2.75, 3.05) is 5.75 Å². The van der Waals surface area contributed by atoms with Gasteiger partial charge in [0, 0.05) is 5.02 Å². The summed E-state index contributed by atoms with van der Waals surface area (Å²) in [7, 11) is 0. The third-order valence-corrected chi connectivity index (χ3v) is 6.85. The van der Waals surface area contributed by atoms with Crippen LogP contribution in [0.15, 0.2) is 113 Å². The maximum atomic E-state index is 12.5. The van der Waals surface area contributed by atoms with Gasteiger partial charge in [0.15, 0.2) is 5.16 Å². The molecule has 7 heteroatoms. The zero-order chi connectivity index (χ0) is 24.7. The predicted molar refractivity (Wildman–Crippen MR) is 149 cm³/mol. The molecule has 0 spiro atoms. The highest BCUT2D eigenvalue weighted by atomic mass is 35.5. The van der Waals surface area contributed by atoms with Crippen molar-refractivity contribution >= 4 is 46.5 Å². The minimum atomic E-state index is -0.192. The molecule has 5 nitrogen and oxygen atoms in total. The number of fused-ring (bicyclic) bond motifs is 1. The van der Waals surface area contributed by atoms with Crippen LogP contribution in [0.1, 0.15) is 11.1 Å². The third-order valence-electron chi connectivity index (χ3n) is 5.63. The lowest BCUT2D eigenvalue weighted by Gasteiger charge is -2.09. The van der Waals surface area contributed by atoms with E-state index in [1.54, 1.807) is 6.21 Å². The maximum Gasteiger partial charge on any atom is 0.250 e. The summed E-state index contributed by atoms with van der Waals surface area (Å²) in [6.45, 7) is 0.638. The maximum absolute atomic E-state index is 12.5. The van der Waals surface area contributed by atoms with Gasteiger partial charge in [-0.25, -0.2) is 10.4 Å². The first-order valence-electron chi connectivity index (χ1n) is 11.5. The van der Waals surface area contributed by atoms with Gasteiger partial charge in [-0.15, -0.1) is 0 Å². The largest absolute Gasteiger partial charge is 0.314 e. The van der Waals surface area contributed by atoms with Gasteiger partial charge in [0.25, 0.3) is 5.91 Å². The second kappa shape index (κ2) is 11.2. The van der Waals surface area contributed by atoms with Gasteiger partial charge >= 0.3 is 0 Å². The lowest BCUT2D eigenvalue weighted by Crippen LogP contribution is -2.20. The average molecular weight is 511 g/mol. The number of thioether (sulfide) groups is 1. The second-order valence-corrected chi connectivity index (χ2v) is 9.54. The van der Waals surface area contributed by atoms with E-state index in [9.17, 15) is 4.79 Å². The molecule has 0 radical (unpaired) electrons. The molecular weight excluding hydrogens is 488 g/mol. The Morgan fingerprint density at radius 3 is 2.36 bits per heavy atom. The van der Waals surface area contributed by atoms with Crippen molar-refractivity contribution in [1.82, 2.24) is 15.0 Å². The molecule has 1 N–H and O–H groups in total. The summed E-state index contributed by atoms with van der Waals surface area (Å²) in [5.74, 6) is 0.0102. The van der Waals surface area contributed by atoms with Gasteiger partial charge in [-0.1, -0.05) is 102 Å². The zero-order valence-corrected chi connectivity index (χ0v) is 20.9. The van der Waals surface area contributed by atoms with Crippen molar-refractivity contribution in [2.45, 2.75) is 11.7 Å². The van der Waals surface area contributed by atoms with Gasteiger partial charge in [-0.3, -0.25) is 4.79 Å². The first-order valence-corrected chi connectivity index (χ1v) is 12.8. The van der Waals surface area contributed by atoms with E-state index in [1.165, 1.54) is 11.8 Å². The van der Waals surface area contributed by atoms with E-state index >= 15 is 0 Å². The molecule has 0 atom stereocenters. The molecule has 5 rings (SSSR count). The van der Waals surface area contributed by atoms with E-state index in [-0.39, 0.29) is 11.7 Å². The van der Waals surface area contributed by atoms with Crippen molar-refractivity contribution in [1.29, 1.82) is 0 Å². The third kappa shape index (κ3) is 5.85. The van der Waals surface area contributed by atoms with Crippen LogP contribution in [0.2, 0.25) is 5.02 Å². The van der Waals surface area contributed by atoms with Crippen molar-refractivity contribution in [2.24, 2.45) is 5.10 Å². The van der Waals surface area contributed by atoms with Crippen molar-refractivity contribution in [3.05, 3.63) is 119 Å². The van der Waals surface area contributed by atoms with Crippen molar-refractivity contribution in [3.63, 3.8) is 0 Å². The van der Waals surface area contributed by atoms with Crippen LogP contribution >= 0.6 is 23.4 Å². The van der Waals surface area contributed by atoms with Crippen molar-refractivity contribution < 1.29 is 4.79 Å². The fourth-order valence-electron chi connectivity index (χ4n) is 3.82. The molecule has 0 aliphatic carbocycles. The molecule has 0 saturated heterocycles. The molecule has 1 amide bonds. The number of imidazole rings is 1. The number of hydrazone groups is 1. The van der Waals surface area contributed by atoms with Crippen molar-refractivity contribution in [3.8, 4) is 11.1 Å². The highest BCUT2D eigenvalue weighted by Crippen LogP contribution is 2.25. The Kier molecular flexibility index (Phi) is 7.45. The highest BCUT2D eigenvalue weighted by Gasteiger charge is 2.13. The Balaban J connectivity index is 1.21. The Morgan fingerprint density at radius 2 is 1.58 bits per heavy atom. The van der Waals surface area contributed by atoms with Gasteiger partial charge in [0.05, 0.1) is 29.5 Å². The Morgan fingerprint density at radius 1 is 0.889 bits per heavy atom. The second-order valence-electron chi connectivity index (χ2n) is 8.17. The molecule has 0 saturated carbocycles. The van der Waals surface area contributed by atoms with Crippen LogP contribution in [-0.4, -0.2) is 27.4 Å². The first kappa shape index (κ1) is 23.9. The molecule has 0 aliphatic heterocycles. The number of carbonyl (C=O) groups excluding carboxylic acids is 1. The number of carbonyl (C=O) groups is 1. The van der Waals surface area contributed by atoms with Gasteiger partial charge in [-0.2, -0.15) is 5.10 Å². The lowest BCUT2D eigenvalue weighted by atomic mass is 10.0. The molecule has 0 unspecified atom stereocenters. The Labute approximate surface area is 218 Å². The molecule has 5 aromatic rings. The molecule has 0 bridgehead atoms. The van der Waals surface area contributed by atoms with E-state index < -0.39 is 0 Å². The number of hydrogen-bond donors (Lipinski definition) is 1. The molecule has 4 aromatic carbocycles. The summed E-state index contributed by atoms with van der Waals surface area (Å²) in [4.78, 5) is 17.2. The van der Waals surface area contributed by atoms with Gasteiger partial charge in [-0.05, 0) is 46.5 Å². The standard InChI is InChI=1S/C29H23ClN4OS/c30-25-16-12-22(13-17-25)19-34-27-9-5-4-8-26(27)32-29(34)36-20-28(35)33-31-18-21-10-14-24(15-11-21)23-6-2-1-3-7-23/h1-18H,19-20H2,(H,33,35)/b31-18+. The summed E-state index contributed by atoms with van der Waals surface area (Å²) in [6, 6.07) is 33.9. The van der Waals surface area contributed by atoms with Gasteiger partial charge in [0.2, 0.25) is 0 Å². The van der Waals surface area contributed by atoms with E-state index in [4.69, 9.17) is 16.6 Å². The summed E-state index contributed by atoms with van der Waals surface area (Å²) in [5.41, 5.74) is 8.84. The van der Waals surface area contributed by atoms with Crippen LogP contribution in [-0.2, 0) is 11.3 Å². The summed E-state index contributed by atoms with van der Waals surface area (Å²) in [6.07, 6.45) is 1.65. The quantitative estimate of drug-likeness (QED) is 0.144. The average Bonchev–Trinajstić information content (AvgIpc) is 3.27. The number of hydrogen-bond acceptors (Lipinski definition) is 4. The molecule has 0 fully saturated rings. The number of nitrogens with one attached hydrogen (secondary N) is 1. The number of aromatic nitrogens is 2. The molecule has 1 aromatic heterocycles. The number of halogens is 1. The fourth-order valence-corrected chi connectivity index (χ4v) is 4.75. The fraction of sp³-hybridized carbons (Fsp3) is 0.0690. The van der Waals surface area contributed by atoms with Crippen LogP contribution in [0, 0.1) is 0 Å². The first-order chi connectivity index (χ1) is 17.7. The smallest absolute Gasteiger partial charge is 0.250 e. The predicted octanol–water partition coefficient (Wildman–Crippen LogP) is 6.65. The molecule has 1 heterocycles. The normalized spacial score (nSPS) is 11.2. The summed E-state index contributed by atoms with van der Waals surface area (Å²) in [5, 5.41) is 5.60. The monoisotopic (exact) mass is 510 g/mol. The molecule has 0 aliphatic rings. The molecule has 36 heavy (non-hydrogen) atoms. The van der Waals surface area contributed by atoms with Crippen LogP contribution in [0.5, 0.6) is 0 Å². The van der Waals surface area contributed by atoms with Crippen LogP contribution in [0.3, 0.4) is 0 Å². The number of para-hydroxylation sites is 2. The minimum absolute atomic E-state index is 0.192. The molecule has 178 valence electrons. The number of nitrogens with zero attached hydrogens (tertiary/aromatic N) is 3. The van der Waals surface area contributed by atoms with Crippen LogP contribution in [0.25, 0.3) is 22.2 Å². The zero-order valence-electron chi connectivity index (χ0n) is 19.3. The Bertz CT molecular complexity index is 1500. The van der Waals surface area contributed by atoms with Gasteiger partial charge < -0.3 is 4.57 Å². The van der Waals surface area contributed by atoms with E-state index in [0.29, 0.717) is 11.6 Å². The number of amides is 1. The van der Waals surface area contributed by atoms with E-state index in [0.717, 1.165) is 38.4 Å².